The second kappa shape index (κ2) is 5.74. The minimum Gasteiger partial charge on any atom is -0.478 e. The summed E-state index contributed by atoms with van der Waals surface area (Å²) in [4.78, 5) is 24.6. The van der Waals surface area contributed by atoms with Gasteiger partial charge in [-0.3, -0.25) is 4.79 Å². The van der Waals surface area contributed by atoms with Crippen LogP contribution in [-0.2, 0) is 14.8 Å². The molecule has 1 aliphatic heterocycles. The average molecular weight is 377 g/mol. The number of benzene rings is 1. The molecule has 0 aliphatic carbocycles. The van der Waals surface area contributed by atoms with Crippen LogP contribution in [-0.4, -0.2) is 37.7 Å². The van der Waals surface area contributed by atoms with Crippen LogP contribution < -0.4 is 10.0 Å². The molecule has 1 heterocycles. The highest BCUT2D eigenvalue weighted by atomic mass is 79.9. The van der Waals surface area contributed by atoms with Gasteiger partial charge >= 0.3 is 5.97 Å². The minimum absolute atomic E-state index is 0.0195. The van der Waals surface area contributed by atoms with Gasteiger partial charge in [0.05, 0.1) is 17.0 Å². The SMILES string of the molecule is NS(=O)(=O)CC1CC(=O)N(c2c(Br)cccc2C(=O)O)C1. The van der Waals surface area contributed by atoms with E-state index >= 15 is 0 Å². The summed E-state index contributed by atoms with van der Waals surface area (Å²) in [6, 6.07) is 4.57. The van der Waals surface area contributed by atoms with Gasteiger partial charge in [0.15, 0.2) is 0 Å². The molecule has 0 radical (unpaired) electrons. The van der Waals surface area contributed by atoms with E-state index in [9.17, 15) is 23.1 Å². The van der Waals surface area contributed by atoms with Gasteiger partial charge < -0.3 is 10.0 Å². The van der Waals surface area contributed by atoms with Crippen LogP contribution in [0.2, 0.25) is 0 Å². The number of amides is 1. The second-order valence-electron chi connectivity index (χ2n) is 4.85. The van der Waals surface area contributed by atoms with E-state index in [1.54, 1.807) is 12.1 Å². The first-order valence-electron chi connectivity index (χ1n) is 6.01. The Bertz CT molecular complexity index is 704. The molecule has 1 aromatic carbocycles. The Morgan fingerprint density at radius 1 is 1.48 bits per heavy atom. The van der Waals surface area contributed by atoms with Crippen LogP contribution in [0.25, 0.3) is 0 Å². The van der Waals surface area contributed by atoms with Gasteiger partial charge in [-0.2, -0.15) is 0 Å². The lowest BCUT2D eigenvalue weighted by Gasteiger charge is -2.20. The zero-order chi connectivity index (χ0) is 15.8. The molecular formula is C12H13BrN2O5S. The molecule has 7 nitrogen and oxygen atoms in total. The predicted molar refractivity (Wildman–Crippen MR) is 79.5 cm³/mol. The summed E-state index contributed by atoms with van der Waals surface area (Å²) in [6.07, 6.45) is 0.0246. The van der Waals surface area contributed by atoms with Crippen molar-refractivity contribution in [3.63, 3.8) is 0 Å². The number of aromatic carboxylic acids is 1. The van der Waals surface area contributed by atoms with Crippen molar-refractivity contribution in [3.8, 4) is 0 Å². The first kappa shape index (κ1) is 15.9. The quantitative estimate of drug-likeness (QED) is 0.804. The predicted octanol–water partition coefficient (Wildman–Crippen LogP) is 0.789. The van der Waals surface area contributed by atoms with Gasteiger partial charge in [0.25, 0.3) is 0 Å². The number of para-hydroxylation sites is 1. The summed E-state index contributed by atoms with van der Waals surface area (Å²) >= 11 is 3.23. The van der Waals surface area contributed by atoms with Gasteiger partial charge in [-0.25, -0.2) is 18.4 Å². The zero-order valence-electron chi connectivity index (χ0n) is 10.8. The van der Waals surface area contributed by atoms with Crippen molar-refractivity contribution in [1.29, 1.82) is 0 Å². The highest BCUT2D eigenvalue weighted by Gasteiger charge is 2.35. The molecule has 0 spiro atoms. The molecule has 1 unspecified atom stereocenters. The number of hydrogen-bond donors (Lipinski definition) is 2. The number of rotatable bonds is 4. The van der Waals surface area contributed by atoms with E-state index in [1.165, 1.54) is 11.0 Å². The topological polar surface area (TPSA) is 118 Å². The van der Waals surface area contributed by atoms with Crippen LogP contribution in [0, 0.1) is 5.92 Å². The van der Waals surface area contributed by atoms with E-state index in [1.807, 2.05) is 0 Å². The Morgan fingerprint density at radius 3 is 2.71 bits per heavy atom. The van der Waals surface area contributed by atoms with Crippen molar-refractivity contribution >= 4 is 43.5 Å². The molecule has 1 aliphatic rings. The third-order valence-corrected chi connectivity index (χ3v) is 4.74. The lowest BCUT2D eigenvalue weighted by molar-refractivity contribution is -0.117. The van der Waals surface area contributed by atoms with Gasteiger partial charge in [-0.15, -0.1) is 0 Å². The minimum atomic E-state index is -3.68. The van der Waals surface area contributed by atoms with E-state index in [4.69, 9.17) is 5.14 Å². The van der Waals surface area contributed by atoms with Crippen molar-refractivity contribution in [2.75, 3.05) is 17.2 Å². The number of anilines is 1. The first-order valence-corrected chi connectivity index (χ1v) is 8.52. The van der Waals surface area contributed by atoms with E-state index < -0.39 is 21.9 Å². The zero-order valence-corrected chi connectivity index (χ0v) is 13.2. The number of carboxylic acid groups (broad SMARTS) is 1. The maximum Gasteiger partial charge on any atom is 0.337 e. The average Bonchev–Trinajstić information content (AvgIpc) is 2.66. The monoisotopic (exact) mass is 376 g/mol. The van der Waals surface area contributed by atoms with Crippen molar-refractivity contribution in [2.45, 2.75) is 6.42 Å². The number of halogens is 1. The molecule has 9 heteroatoms. The fraction of sp³-hybridized carbons (Fsp3) is 0.333. The molecule has 1 fully saturated rings. The van der Waals surface area contributed by atoms with Crippen LogP contribution in [0.15, 0.2) is 22.7 Å². The molecule has 3 N–H and O–H groups in total. The van der Waals surface area contributed by atoms with Crippen molar-refractivity contribution in [2.24, 2.45) is 11.1 Å². The molecule has 1 atom stereocenters. The highest BCUT2D eigenvalue weighted by molar-refractivity contribution is 9.10. The number of primary sulfonamides is 1. The van der Waals surface area contributed by atoms with Crippen molar-refractivity contribution in [1.82, 2.24) is 0 Å². The van der Waals surface area contributed by atoms with Crippen LogP contribution >= 0.6 is 15.9 Å². The van der Waals surface area contributed by atoms with Crippen molar-refractivity contribution < 1.29 is 23.1 Å². The number of nitrogens with zero attached hydrogens (tertiary/aromatic N) is 1. The van der Waals surface area contributed by atoms with E-state index in [-0.39, 0.29) is 35.9 Å². The Kier molecular flexibility index (Phi) is 4.35. The Morgan fingerprint density at radius 2 is 2.14 bits per heavy atom. The fourth-order valence-corrected chi connectivity index (χ4v) is 3.86. The van der Waals surface area contributed by atoms with Crippen LogP contribution in [0.1, 0.15) is 16.8 Å². The number of nitrogens with two attached hydrogens (primary N) is 1. The van der Waals surface area contributed by atoms with Gasteiger partial charge in [0.1, 0.15) is 0 Å². The molecule has 21 heavy (non-hydrogen) atoms. The fourth-order valence-electron chi connectivity index (χ4n) is 2.40. The molecular weight excluding hydrogens is 364 g/mol. The largest absolute Gasteiger partial charge is 0.478 e. The van der Waals surface area contributed by atoms with Gasteiger partial charge in [-0.1, -0.05) is 6.07 Å². The summed E-state index contributed by atoms with van der Waals surface area (Å²) in [6.45, 7) is 0.123. The van der Waals surface area contributed by atoms with Crippen LogP contribution in [0.3, 0.4) is 0 Å². The number of carboxylic acids is 1. The summed E-state index contributed by atoms with van der Waals surface area (Å²) in [5.74, 6) is -2.23. The van der Waals surface area contributed by atoms with E-state index in [0.29, 0.717) is 4.47 Å². The third-order valence-electron chi connectivity index (χ3n) is 3.16. The summed E-state index contributed by atoms with van der Waals surface area (Å²) < 4.78 is 22.7. The summed E-state index contributed by atoms with van der Waals surface area (Å²) in [7, 11) is -3.68. The number of carbonyl (C=O) groups is 2. The molecule has 114 valence electrons. The number of sulfonamides is 1. The highest BCUT2D eigenvalue weighted by Crippen LogP contribution is 2.34. The normalized spacial score (nSPS) is 19.0. The van der Waals surface area contributed by atoms with Gasteiger partial charge in [0, 0.05) is 23.4 Å². The van der Waals surface area contributed by atoms with Crippen molar-refractivity contribution in [3.05, 3.63) is 28.2 Å². The smallest absolute Gasteiger partial charge is 0.337 e. The lowest BCUT2D eigenvalue weighted by atomic mass is 10.1. The third kappa shape index (κ3) is 3.60. The lowest BCUT2D eigenvalue weighted by Crippen LogP contribution is -2.29. The standard InChI is InChI=1S/C12H13BrN2O5S/c13-9-3-1-2-8(12(17)18)11(9)15-5-7(4-10(15)16)6-21(14,19)20/h1-3,7H,4-6H2,(H,17,18)(H2,14,19,20). The second-order valence-corrected chi connectivity index (χ2v) is 7.36. The molecule has 1 aromatic rings. The maximum absolute atomic E-state index is 12.1. The van der Waals surface area contributed by atoms with E-state index in [2.05, 4.69) is 15.9 Å². The number of hydrogen-bond acceptors (Lipinski definition) is 4. The van der Waals surface area contributed by atoms with Crippen LogP contribution in [0.4, 0.5) is 5.69 Å². The first-order chi connectivity index (χ1) is 9.69. The Labute approximate surface area is 129 Å². The molecule has 2 rings (SSSR count). The van der Waals surface area contributed by atoms with Gasteiger partial charge in [0.2, 0.25) is 15.9 Å². The Balaban J connectivity index is 2.36. The molecule has 0 saturated carbocycles. The Hall–Kier alpha value is -1.45. The van der Waals surface area contributed by atoms with Gasteiger partial charge in [-0.05, 0) is 28.1 Å². The molecule has 1 saturated heterocycles. The molecule has 0 aromatic heterocycles. The number of carbonyl (C=O) groups excluding carboxylic acids is 1. The van der Waals surface area contributed by atoms with Crippen LogP contribution in [0.5, 0.6) is 0 Å². The maximum atomic E-state index is 12.1. The molecule has 1 amide bonds. The summed E-state index contributed by atoms with van der Waals surface area (Å²) in [5.41, 5.74) is 0.223. The van der Waals surface area contributed by atoms with E-state index in [0.717, 1.165) is 0 Å². The molecule has 0 bridgehead atoms. The summed E-state index contributed by atoms with van der Waals surface area (Å²) in [5, 5.41) is 14.2.